The number of anilines is 2. The van der Waals surface area contributed by atoms with E-state index in [9.17, 15) is 9.59 Å². The van der Waals surface area contributed by atoms with E-state index in [0.717, 1.165) is 19.3 Å². The molecule has 9 heteroatoms. The van der Waals surface area contributed by atoms with E-state index >= 15 is 0 Å². The normalized spacial score (nSPS) is 14.3. The van der Waals surface area contributed by atoms with Gasteiger partial charge in [-0.25, -0.2) is 9.78 Å². The number of amides is 1. The molecule has 1 aliphatic rings. The minimum absolute atomic E-state index is 0.101. The molecule has 160 valence electrons. The molecule has 0 radical (unpaired) electrons. The predicted molar refractivity (Wildman–Crippen MR) is 113 cm³/mol. The molecule has 0 aliphatic carbocycles. The summed E-state index contributed by atoms with van der Waals surface area (Å²) < 4.78 is 10.4. The Morgan fingerprint density at radius 3 is 2.63 bits per heavy atom. The number of hydrogen-bond acceptors (Lipinski definition) is 8. The number of carbonyl (C=O) groups excluding carboxylic acids is 2. The summed E-state index contributed by atoms with van der Waals surface area (Å²) in [7, 11) is 1.51. The van der Waals surface area contributed by atoms with Crippen molar-refractivity contribution >= 4 is 23.6 Å². The molecule has 1 fully saturated rings. The number of piperidine rings is 1. The third-order valence-electron chi connectivity index (χ3n) is 4.93. The quantitative estimate of drug-likeness (QED) is 0.665. The van der Waals surface area contributed by atoms with Crippen LogP contribution in [0.15, 0.2) is 30.5 Å². The van der Waals surface area contributed by atoms with Crippen molar-refractivity contribution in [2.75, 3.05) is 37.9 Å². The van der Waals surface area contributed by atoms with Crippen LogP contribution < -0.4 is 15.8 Å². The van der Waals surface area contributed by atoms with Gasteiger partial charge in [0.2, 0.25) is 11.7 Å². The average molecular weight is 413 g/mol. The minimum Gasteiger partial charge on any atom is -0.496 e. The maximum atomic E-state index is 12.8. The zero-order chi connectivity index (χ0) is 21.5. The number of nitrogens with one attached hydrogen (secondary N) is 1. The first-order valence-electron chi connectivity index (χ1n) is 10.0. The number of rotatable bonds is 7. The Morgan fingerprint density at radius 2 is 1.97 bits per heavy atom. The molecule has 3 rings (SSSR count). The number of methoxy groups -OCH3 is 1. The van der Waals surface area contributed by atoms with E-state index in [-0.39, 0.29) is 29.3 Å². The molecule has 30 heavy (non-hydrogen) atoms. The van der Waals surface area contributed by atoms with Gasteiger partial charge in [-0.15, -0.1) is 0 Å². The summed E-state index contributed by atoms with van der Waals surface area (Å²) in [6.07, 6.45) is 3.45. The Hall–Kier alpha value is -3.36. The largest absolute Gasteiger partial charge is 0.496 e. The van der Waals surface area contributed by atoms with Crippen LogP contribution in [0.3, 0.4) is 0 Å². The molecule has 1 aromatic carbocycles. The molecule has 1 amide bonds. The summed E-state index contributed by atoms with van der Waals surface area (Å²) in [5.41, 5.74) is 6.66. The summed E-state index contributed by atoms with van der Waals surface area (Å²) in [5, 5.41) is 3.24. The van der Waals surface area contributed by atoms with Gasteiger partial charge in [-0.1, -0.05) is 19.1 Å². The third kappa shape index (κ3) is 4.97. The van der Waals surface area contributed by atoms with Crippen molar-refractivity contribution in [3.8, 4) is 5.75 Å². The predicted octanol–water partition coefficient (Wildman–Crippen LogP) is 2.72. The van der Waals surface area contributed by atoms with E-state index in [1.807, 2.05) is 6.92 Å². The smallest absolute Gasteiger partial charge is 0.409 e. The fraction of sp³-hybridized carbons (Fsp3) is 0.429. The topological polar surface area (TPSA) is 120 Å². The molecule has 9 nitrogen and oxygen atoms in total. The van der Waals surface area contributed by atoms with Crippen molar-refractivity contribution in [1.29, 1.82) is 0 Å². The maximum Gasteiger partial charge on any atom is 0.409 e. The molecule has 1 aromatic heterocycles. The Kier molecular flexibility index (Phi) is 7.05. The number of ether oxygens (including phenoxy) is 2. The molecule has 1 aliphatic heterocycles. The van der Waals surface area contributed by atoms with Crippen LogP contribution in [-0.4, -0.2) is 59.6 Å². The van der Waals surface area contributed by atoms with Crippen LogP contribution in [-0.2, 0) is 4.74 Å². The first-order chi connectivity index (χ1) is 14.5. The lowest BCUT2D eigenvalue weighted by atomic mass is 10.0. The third-order valence-corrected chi connectivity index (χ3v) is 4.93. The molecular formula is C21H27N5O4. The summed E-state index contributed by atoms with van der Waals surface area (Å²) in [4.78, 5) is 35.0. The van der Waals surface area contributed by atoms with Crippen LogP contribution in [0, 0.1) is 0 Å². The van der Waals surface area contributed by atoms with E-state index < -0.39 is 0 Å². The van der Waals surface area contributed by atoms with Crippen molar-refractivity contribution in [3.05, 3.63) is 41.6 Å². The highest BCUT2D eigenvalue weighted by Gasteiger charge is 2.25. The molecule has 0 atom stereocenters. The van der Waals surface area contributed by atoms with Crippen molar-refractivity contribution < 1.29 is 19.1 Å². The second kappa shape index (κ2) is 9.91. The van der Waals surface area contributed by atoms with E-state index in [1.165, 1.54) is 13.3 Å². The lowest BCUT2D eigenvalue weighted by Gasteiger charge is -2.31. The molecular weight excluding hydrogens is 386 g/mol. The zero-order valence-electron chi connectivity index (χ0n) is 17.3. The highest BCUT2D eigenvalue weighted by atomic mass is 16.6. The SMILES string of the molecule is CCCOC(=O)N1CCC(Nc2ncc(C(=O)c3ccccc3OC)c(N)n2)CC1. The number of hydrogen-bond donors (Lipinski definition) is 2. The van der Waals surface area contributed by atoms with E-state index in [1.54, 1.807) is 29.2 Å². The number of carbonyl (C=O) groups is 2. The first kappa shape index (κ1) is 21.4. The van der Waals surface area contributed by atoms with Gasteiger partial charge >= 0.3 is 6.09 Å². The maximum absolute atomic E-state index is 12.8. The molecule has 0 unspecified atom stereocenters. The van der Waals surface area contributed by atoms with Crippen molar-refractivity contribution in [1.82, 2.24) is 14.9 Å². The number of nitrogen functional groups attached to an aromatic ring is 1. The van der Waals surface area contributed by atoms with Crippen LogP contribution in [0.1, 0.15) is 42.1 Å². The summed E-state index contributed by atoms with van der Waals surface area (Å²) in [5.74, 6) is 0.629. The Balaban J connectivity index is 1.61. The second-order valence-electron chi connectivity index (χ2n) is 7.04. The van der Waals surface area contributed by atoms with Gasteiger partial charge in [0.1, 0.15) is 11.6 Å². The molecule has 2 aromatic rings. The van der Waals surface area contributed by atoms with Gasteiger partial charge in [-0.2, -0.15) is 4.98 Å². The molecule has 3 N–H and O–H groups in total. The molecule has 2 heterocycles. The van der Waals surface area contributed by atoms with E-state index in [2.05, 4.69) is 15.3 Å². The van der Waals surface area contributed by atoms with Crippen LogP contribution >= 0.6 is 0 Å². The number of ketones is 1. The number of nitrogens with two attached hydrogens (primary N) is 1. The lowest BCUT2D eigenvalue weighted by Crippen LogP contribution is -2.42. The second-order valence-corrected chi connectivity index (χ2v) is 7.04. The average Bonchev–Trinajstić information content (AvgIpc) is 2.77. The monoisotopic (exact) mass is 413 g/mol. The summed E-state index contributed by atoms with van der Waals surface area (Å²) in [6, 6.07) is 7.04. The van der Waals surface area contributed by atoms with Gasteiger partial charge in [-0.3, -0.25) is 4.79 Å². The van der Waals surface area contributed by atoms with Gasteiger partial charge in [0.05, 0.1) is 24.8 Å². The Bertz CT molecular complexity index is 897. The molecule has 1 saturated heterocycles. The number of likely N-dealkylation sites (tertiary alicyclic amines) is 1. The standard InChI is InChI=1S/C21H27N5O4/c1-3-12-30-21(28)26-10-8-14(9-11-26)24-20-23-13-16(19(22)25-20)18(27)15-6-4-5-7-17(15)29-2/h4-7,13-14H,3,8-12H2,1-2H3,(H3,22,23,24,25). The highest BCUT2D eigenvalue weighted by Crippen LogP contribution is 2.24. The van der Waals surface area contributed by atoms with Gasteiger partial charge in [0, 0.05) is 25.3 Å². The minimum atomic E-state index is -0.296. The number of nitrogens with zero attached hydrogens (tertiary/aromatic N) is 3. The molecule has 0 saturated carbocycles. The lowest BCUT2D eigenvalue weighted by molar-refractivity contribution is 0.0939. The zero-order valence-corrected chi connectivity index (χ0v) is 17.3. The van der Waals surface area contributed by atoms with Crippen molar-refractivity contribution in [2.45, 2.75) is 32.2 Å². The van der Waals surface area contributed by atoms with E-state index in [4.69, 9.17) is 15.2 Å². The van der Waals surface area contributed by atoms with Crippen LogP contribution in [0.4, 0.5) is 16.6 Å². The highest BCUT2D eigenvalue weighted by molar-refractivity contribution is 6.13. The van der Waals surface area contributed by atoms with Gasteiger partial charge in [0.25, 0.3) is 0 Å². The van der Waals surface area contributed by atoms with Gasteiger partial charge < -0.3 is 25.4 Å². The Morgan fingerprint density at radius 1 is 1.23 bits per heavy atom. The van der Waals surface area contributed by atoms with Crippen LogP contribution in [0.2, 0.25) is 0 Å². The summed E-state index contributed by atoms with van der Waals surface area (Å²) in [6.45, 7) is 3.59. The summed E-state index contributed by atoms with van der Waals surface area (Å²) >= 11 is 0. The van der Waals surface area contributed by atoms with Crippen molar-refractivity contribution in [3.63, 3.8) is 0 Å². The number of benzene rings is 1. The van der Waals surface area contributed by atoms with Crippen LogP contribution in [0.5, 0.6) is 5.75 Å². The van der Waals surface area contributed by atoms with Gasteiger partial charge in [-0.05, 0) is 31.4 Å². The Labute approximate surface area is 175 Å². The number of para-hydroxylation sites is 1. The molecule has 0 bridgehead atoms. The molecule has 0 spiro atoms. The number of aromatic nitrogens is 2. The fourth-order valence-corrected chi connectivity index (χ4v) is 3.29. The first-order valence-corrected chi connectivity index (χ1v) is 10.0. The van der Waals surface area contributed by atoms with Crippen molar-refractivity contribution in [2.24, 2.45) is 0 Å². The van der Waals surface area contributed by atoms with Gasteiger partial charge in [0.15, 0.2) is 0 Å². The fourth-order valence-electron chi connectivity index (χ4n) is 3.29. The van der Waals surface area contributed by atoms with Crippen LogP contribution in [0.25, 0.3) is 0 Å². The van der Waals surface area contributed by atoms with E-state index in [0.29, 0.717) is 37.0 Å².